The van der Waals surface area contributed by atoms with Gasteiger partial charge in [-0.05, 0) is 30.9 Å². The number of carbonyl (C=O) groups excluding carboxylic acids is 2. The number of likely N-dealkylation sites (tertiary alicyclic amines) is 1. The molecule has 2 fully saturated rings. The van der Waals surface area contributed by atoms with E-state index < -0.39 is 0 Å². The Kier molecular flexibility index (Phi) is 8.04. The second-order valence-corrected chi connectivity index (χ2v) is 8.50. The number of hydrogen-bond acceptors (Lipinski definition) is 5. The van der Waals surface area contributed by atoms with E-state index in [2.05, 4.69) is 9.88 Å². The summed E-state index contributed by atoms with van der Waals surface area (Å²) in [6.45, 7) is 4.59. The van der Waals surface area contributed by atoms with Gasteiger partial charge in [0.25, 0.3) is 0 Å². The summed E-state index contributed by atoms with van der Waals surface area (Å²) < 4.78 is 5.57. The van der Waals surface area contributed by atoms with Gasteiger partial charge in [0.05, 0.1) is 6.42 Å². The van der Waals surface area contributed by atoms with Crippen LogP contribution in [0.3, 0.4) is 0 Å². The zero-order valence-corrected chi connectivity index (χ0v) is 18.5. The maximum atomic E-state index is 12.6. The number of ether oxygens (including phenoxy) is 1. The fourth-order valence-corrected chi connectivity index (χ4v) is 4.35. The summed E-state index contributed by atoms with van der Waals surface area (Å²) in [6.07, 6.45) is 6.82. The molecular formula is C22H35N5O3. The molecule has 8 nitrogen and oxygen atoms in total. The lowest BCUT2D eigenvalue weighted by Gasteiger charge is -2.39. The number of hydrogen-bond donors (Lipinski definition) is 0. The number of nitrogens with zero attached hydrogens (tertiary/aromatic N) is 5. The van der Waals surface area contributed by atoms with Crippen molar-refractivity contribution in [1.82, 2.24) is 24.6 Å². The molecular weight excluding hydrogens is 382 g/mol. The summed E-state index contributed by atoms with van der Waals surface area (Å²) in [6, 6.07) is 4.64. The quantitative estimate of drug-likeness (QED) is 0.669. The first-order chi connectivity index (χ1) is 14.5. The van der Waals surface area contributed by atoms with Crippen LogP contribution in [0.5, 0.6) is 0 Å². The van der Waals surface area contributed by atoms with Crippen LogP contribution in [0.2, 0.25) is 0 Å². The third kappa shape index (κ3) is 5.92. The number of rotatable bonds is 7. The van der Waals surface area contributed by atoms with E-state index in [4.69, 9.17) is 4.74 Å². The van der Waals surface area contributed by atoms with Gasteiger partial charge in [-0.2, -0.15) is 0 Å². The van der Waals surface area contributed by atoms with Crippen LogP contribution in [-0.4, -0.2) is 109 Å². The van der Waals surface area contributed by atoms with Gasteiger partial charge in [-0.1, -0.05) is 6.07 Å². The number of amides is 3. The van der Waals surface area contributed by atoms with E-state index >= 15 is 0 Å². The van der Waals surface area contributed by atoms with Gasteiger partial charge >= 0.3 is 6.03 Å². The lowest BCUT2D eigenvalue weighted by molar-refractivity contribution is -0.129. The van der Waals surface area contributed by atoms with Gasteiger partial charge in [-0.3, -0.25) is 14.7 Å². The topological polar surface area (TPSA) is 69.2 Å². The molecule has 2 saturated heterocycles. The van der Waals surface area contributed by atoms with Crippen LogP contribution >= 0.6 is 0 Å². The molecule has 1 aromatic rings. The molecule has 2 aliphatic heterocycles. The molecule has 3 rings (SSSR count). The summed E-state index contributed by atoms with van der Waals surface area (Å²) in [5.41, 5.74) is 0.935. The molecule has 0 saturated carbocycles. The van der Waals surface area contributed by atoms with E-state index in [1.165, 1.54) is 0 Å². The Morgan fingerprint density at radius 2 is 1.90 bits per heavy atom. The van der Waals surface area contributed by atoms with Gasteiger partial charge in [-0.15, -0.1) is 0 Å². The molecule has 0 spiro atoms. The fraction of sp³-hybridized carbons (Fsp3) is 0.682. The minimum absolute atomic E-state index is 0.0770. The predicted octanol–water partition coefficient (Wildman–Crippen LogP) is 1.32. The van der Waals surface area contributed by atoms with Crippen LogP contribution in [-0.2, 0) is 16.0 Å². The van der Waals surface area contributed by atoms with Gasteiger partial charge in [0, 0.05) is 85.0 Å². The fourth-order valence-electron chi connectivity index (χ4n) is 4.35. The van der Waals surface area contributed by atoms with E-state index in [1.807, 2.05) is 29.0 Å². The molecule has 0 bridgehead atoms. The Hall–Kier alpha value is -2.19. The molecule has 166 valence electrons. The van der Waals surface area contributed by atoms with E-state index in [0.29, 0.717) is 25.0 Å². The molecule has 8 heteroatoms. The largest absolute Gasteiger partial charge is 0.381 e. The van der Waals surface area contributed by atoms with E-state index in [9.17, 15) is 9.59 Å². The summed E-state index contributed by atoms with van der Waals surface area (Å²) in [5.74, 6) is 0.103. The van der Waals surface area contributed by atoms with Crippen LogP contribution in [0.1, 0.15) is 24.8 Å². The standard InChI is InChI=1S/C22H35N5O3/c1-24(2)22(29)26-10-6-20(17-26)27(19-7-13-30-14-8-19)12-11-25(3)21(28)15-18-5-4-9-23-16-18/h4-5,9,16,19-20H,6-8,10-15,17H2,1-3H3. The second-order valence-electron chi connectivity index (χ2n) is 8.50. The van der Waals surface area contributed by atoms with Gasteiger partial charge in [0.1, 0.15) is 0 Å². The first kappa shape index (κ1) is 22.5. The third-order valence-corrected chi connectivity index (χ3v) is 6.14. The highest BCUT2D eigenvalue weighted by molar-refractivity contribution is 5.78. The number of carbonyl (C=O) groups is 2. The average Bonchev–Trinajstić information content (AvgIpc) is 3.24. The maximum Gasteiger partial charge on any atom is 0.319 e. The Labute approximate surface area is 179 Å². The molecule has 1 aromatic heterocycles. The van der Waals surface area contributed by atoms with Gasteiger partial charge < -0.3 is 19.4 Å². The molecule has 0 radical (unpaired) electrons. The van der Waals surface area contributed by atoms with Gasteiger partial charge in [-0.25, -0.2) is 4.79 Å². The number of pyridine rings is 1. The summed E-state index contributed by atoms with van der Waals surface area (Å²) >= 11 is 0. The summed E-state index contributed by atoms with van der Waals surface area (Å²) in [4.78, 5) is 37.0. The Bertz CT molecular complexity index is 693. The molecule has 0 aromatic carbocycles. The lowest BCUT2D eigenvalue weighted by atomic mass is 10.0. The van der Waals surface area contributed by atoms with Crippen LogP contribution in [0.4, 0.5) is 4.79 Å². The summed E-state index contributed by atoms with van der Waals surface area (Å²) in [5, 5.41) is 0. The van der Waals surface area contributed by atoms with Crippen molar-refractivity contribution in [3.63, 3.8) is 0 Å². The lowest BCUT2D eigenvalue weighted by Crippen LogP contribution is -2.50. The van der Waals surface area contributed by atoms with Crippen molar-refractivity contribution in [3.05, 3.63) is 30.1 Å². The van der Waals surface area contributed by atoms with Crippen molar-refractivity contribution >= 4 is 11.9 Å². The molecule has 2 aliphatic rings. The smallest absolute Gasteiger partial charge is 0.319 e. The highest BCUT2D eigenvalue weighted by Crippen LogP contribution is 2.23. The SMILES string of the molecule is CN(C)C(=O)N1CCC(N(CCN(C)C(=O)Cc2cccnc2)C2CCOCC2)C1. The van der Waals surface area contributed by atoms with Crippen molar-refractivity contribution in [1.29, 1.82) is 0 Å². The zero-order valence-electron chi connectivity index (χ0n) is 18.5. The van der Waals surface area contributed by atoms with Crippen molar-refractivity contribution in [2.24, 2.45) is 0 Å². The van der Waals surface area contributed by atoms with Crippen LogP contribution in [0.15, 0.2) is 24.5 Å². The predicted molar refractivity (Wildman–Crippen MR) is 115 cm³/mol. The van der Waals surface area contributed by atoms with Crippen molar-refractivity contribution < 1.29 is 14.3 Å². The monoisotopic (exact) mass is 417 g/mol. The first-order valence-electron chi connectivity index (χ1n) is 10.9. The van der Waals surface area contributed by atoms with Gasteiger partial charge in [0.2, 0.25) is 5.91 Å². The van der Waals surface area contributed by atoms with E-state index in [1.54, 1.807) is 31.4 Å². The van der Waals surface area contributed by atoms with Crippen molar-refractivity contribution in [2.45, 2.75) is 37.8 Å². The van der Waals surface area contributed by atoms with Crippen molar-refractivity contribution in [3.8, 4) is 0 Å². The van der Waals surface area contributed by atoms with E-state index in [-0.39, 0.29) is 11.9 Å². The molecule has 3 heterocycles. The van der Waals surface area contributed by atoms with Crippen LogP contribution in [0.25, 0.3) is 0 Å². The Morgan fingerprint density at radius 3 is 2.57 bits per heavy atom. The van der Waals surface area contributed by atoms with Crippen LogP contribution in [0, 0.1) is 0 Å². The molecule has 0 aliphatic carbocycles. The van der Waals surface area contributed by atoms with Gasteiger partial charge in [0.15, 0.2) is 0 Å². The zero-order chi connectivity index (χ0) is 21.5. The minimum atomic E-state index is 0.0770. The highest BCUT2D eigenvalue weighted by Gasteiger charge is 2.35. The Morgan fingerprint density at radius 1 is 1.13 bits per heavy atom. The third-order valence-electron chi connectivity index (χ3n) is 6.14. The number of urea groups is 1. The molecule has 1 atom stereocenters. The Balaban J connectivity index is 1.59. The molecule has 3 amide bonds. The number of aromatic nitrogens is 1. The average molecular weight is 418 g/mol. The first-order valence-corrected chi connectivity index (χ1v) is 10.9. The maximum absolute atomic E-state index is 12.6. The normalized spacial score (nSPS) is 19.9. The van der Waals surface area contributed by atoms with Crippen molar-refractivity contribution in [2.75, 3.05) is 60.5 Å². The summed E-state index contributed by atoms with van der Waals surface area (Å²) in [7, 11) is 5.47. The molecule has 1 unspecified atom stereocenters. The highest BCUT2D eigenvalue weighted by atomic mass is 16.5. The second kappa shape index (κ2) is 10.7. The molecule has 30 heavy (non-hydrogen) atoms. The molecule has 0 N–H and O–H groups in total. The number of likely N-dealkylation sites (N-methyl/N-ethyl adjacent to an activating group) is 1. The van der Waals surface area contributed by atoms with Crippen LogP contribution < -0.4 is 0 Å². The van der Waals surface area contributed by atoms with E-state index in [0.717, 1.165) is 57.7 Å². The minimum Gasteiger partial charge on any atom is -0.381 e.